The largest absolute Gasteiger partial charge is 0.493 e. The number of amides is 1. The minimum absolute atomic E-state index is 0.0697. The van der Waals surface area contributed by atoms with E-state index in [0.29, 0.717) is 24.3 Å². The Morgan fingerprint density at radius 1 is 1.06 bits per heavy atom. The van der Waals surface area contributed by atoms with Gasteiger partial charge in [0.25, 0.3) is 5.91 Å². The van der Waals surface area contributed by atoms with Crippen LogP contribution < -0.4 is 15.4 Å². The molecule has 8 nitrogen and oxygen atoms in total. The quantitative estimate of drug-likeness (QED) is 0.371. The van der Waals surface area contributed by atoms with Crippen LogP contribution in [0.1, 0.15) is 21.7 Å². The maximum absolute atomic E-state index is 12.4. The van der Waals surface area contributed by atoms with Crippen molar-refractivity contribution in [1.29, 1.82) is 0 Å². The van der Waals surface area contributed by atoms with Gasteiger partial charge < -0.3 is 20.5 Å². The molecule has 0 radical (unpaired) electrons. The standard InChI is InChI=1S/C23H22Cl2N4O4/c1-26-20-4-2-3-15(27-20)11-12-33-16-7-5-14(6-8-16)13-18(23(31)32)28-22(30)21-17(24)9-10-19(25)29-21/h2-10,18H,11-13H2,1H3,(H,26,27)(H,28,30)(H,31,32)/t18-/m0/s1. The number of ether oxygens (including phenoxy) is 1. The van der Waals surface area contributed by atoms with Gasteiger partial charge in [-0.15, -0.1) is 0 Å². The SMILES string of the molecule is CNc1cccc(CCOc2ccc(C[C@H](NC(=O)c3nc(Cl)ccc3Cl)C(=O)O)cc2)n1. The van der Waals surface area contributed by atoms with E-state index >= 15 is 0 Å². The van der Waals surface area contributed by atoms with Crippen LogP contribution in [-0.2, 0) is 17.6 Å². The molecular weight excluding hydrogens is 467 g/mol. The van der Waals surface area contributed by atoms with Crippen molar-refractivity contribution >= 4 is 40.9 Å². The number of aromatic nitrogens is 2. The van der Waals surface area contributed by atoms with E-state index in [9.17, 15) is 14.7 Å². The van der Waals surface area contributed by atoms with Crippen molar-refractivity contribution < 1.29 is 19.4 Å². The summed E-state index contributed by atoms with van der Waals surface area (Å²) in [5.41, 5.74) is 1.49. The van der Waals surface area contributed by atoms with Gasteiger partial charge in [-0.05, 0) is 42.0 Å². The Hall–Kier alpha value is -3.36. The van der Waals surface area contributed by atoms with Crippen LogP contribution in [0.2, 0.25) is 10.2 Å². The number of carbonyl (C=O) groups excluding carboxylic acids is 1. The maximum atomic E-state index is 12.4. The third-order valence-corrected chi connectivity index (χ3v) is 5.20. The number of pyridine rings is 2. The van der Waals surface area contributed by atoms with Gasteiger partial charge in [-0.3, -0.25) is 4.79 Å². The molecule has 0 aliphatic rings. The molecule has 172 valence electrons. The molecule has 3 rings (SSSR count). The van der Waals surface area contributed by atoms with E-state index in [-0.39, 0.29) is 22.3 Å². The molecular formula is C23H22Cl2N4O4. The van der Waals surface area contributed by atoms with Crippen LogP contribution in [0.25, 0.3) is 0 Å². The lowest BCUT2D eigenvalue weighted by molar-refractivity contribution is -0.139. The zero-order valence-corrected chi connectivity index (χ0v) is 19.2. The number of carboxylic acid groups (broad SMARTS) is 1. The molecule has 0 aliphatic heterocycles. The lowest BCUT2D eigenvalue weighted by atomic mass is 10.1. The van der Waals surface area contributed by atoms with Crippen molar-refractivity contribution in [2.45, 2.75) is 18.9 Å². The first-order valence-corrected chi connectivity index (χ1v) is 10.8. The van der Waals surface area contributed by atoms with Crippen LogP contribution in [0.4, 0.5) is 5.82 Å². The van der Waals surface area contributed by atoms with E-state index in [2.05, 4.69) is 20.6 Å². The summed E-state index contributed by atoms with van der Waals surface area (Å²) in [6.07, 6.45) is 0.713. The van der Waals surface area contributed by atoms with Crippen molar-refractivity contribution in [3.63, 3.8) is 0 Å². The molecule has 0 fully saturated rings. The van der Waals surface area contributed by atoms with Crippen molar-refractivity contribution in [3.8, 4) is 5.75 Å². The number of carboxylic acids is 1. The minimum atomic E-state index is -1.18. The summed E-state index contributed by atoms with van der Waals surface area (Å²) in [5.74, 6) is -0.455. The van der Waals surface area contributed by atoms with Crippen LogP contribution in [-0.4, -0.2) is 46.6 Å². The zero-order valence-electron chi connectivity index (χ0n) is 17.7. The van der Waals surface area contributed by atoms with Gasteiger partial charge in [0.2, 0.25) is 0 Å². The second-order valence-corrected chi connectivity index (χ2v) is 7.83. The van der Waals surface area contributed by atoms with Crippen LogP contribution in [0, 0.1) is 0 Å². The van der Waals surface area contributed by atoms with E-state index in [4.69, 9.17) is 27.9 Å². The molecule has 0 unspecified atom stereocenters. The van der Waals surface area contributed by atoms with Crippen LogP contribution in [0.15, 0.2) is 54.6 Å². The molecule has 0 saturated heterocycles. The summed E-state index contributed by atoms with van der Waals surface area (Å²) in [5, 5.41) is 15.1. The Kier molecular flexibility index (Phi) is 8.46. The number of rotatable bonds is 10. The fraction of sp³-hybridized carbons (Fsp3) is 0.217. The summed E-state index contributed by atoms with van der Waals surface area (Å²) in [6, 6.07) is 14.4. The summed E-state index contributed by atoms with van der Waals surface area (Å²) in [7, 11) is 1.81. The molecule has 3 aromatic rings. The molecule has 33 heavy (non-hydrogen) atoms. The predicted molar refractivity (Wildman–Crippen MR) is 126 cm³/mol. The topological polar surface area (TPSA) is 113 Å². The number of halogens is 2. The van der Waals surface area contributed by atoms with E-state index in [1.54, 1.807) is 24.3 Å². The van der Waals surface area contributed by atoms with Gasteiger partial charge in [0, 0.05) is 25.6 Å². The van der Waals surface area contributed by atoms with Gasteiger partial charge in [0.05, 0.1) is 11.6 Å². The van der Waals surface area contributed by atoms with Crippen molar-refractivity contribution in [1.82, 2.24) is 15.3 Å². The maximum Gasteiger partial charge on any atom is 0.326 e. The van der Waals surface area contributed by atoms with E-state index < -0.39 is 17.9 Å². The van der Waals surface area contributed by atoms with Crippen molar-refractivity contribution in [3.05, 3.63) is 81.7 Å². The molecule has 2 heterocycles. The number of nitrogens with zero attached hydrogens (tertiary/aromatic N) is 2. The normalized spacial score (nSPS) is 11.5. The average Bonchev–Trinajstić information content (AvgIpc) is 2.81. The number of aliphatic carboxylic acids is 1. The van der Waals surface area contributed by atoms with Gasteiger partial charge in [-0.25, -0.2) is 14.8 Å². The van der Waals surface area contributed by atoms with Gasteiger partial charge in [0.15, 0.2) is 0 Å². The van der Waals surface area contributed by atoms with Crippen molar-refractivity contribution in [2.75, 3.05) is 19.0 Å². The molecule has 0 spiro atoms. The molecule has 3 N–H and O–H groups in total. The summed E-state index contributed by atoms with van der Waals surface area (Å²) in [6.45, 7) is 0.445. The highest BCUT2D eigenvalue weighted by Gasteiger charge is 2.23. The number of anilines is 1. The molecule has 0 bridgehead atoms. The van der Waals surface area contributed by atoms with Gasteiger partial charge in [0.1, 0.15) is 28.5 Å². The first kappa shape index (κ1) is 24.3. The molecule has 2 aromatic heterocycles. The smallest absolute Gasteiger partial charge is 0.326 e. The highest BCUT2D eigenvalue weighted by molar-refractivity contribution is 6.34. The fourth-order valence-corrected chi connectivity index (χ4v) is 3.33. The molecule has 0 saturated carbocycles. The van der Waals surface area contributed by atoms with Gasteiger partial charge in [-0.1, -0.05) is 41.4 Å². The van der Waals surface area contributed by atoms with Crippen LogP contribution in [0.5, 0.6) is 5.75 Å². The van der Waals surface area contributed by atoms with Crippen molar-refractivity contribution in [2.24, 2.45) is 0 Å². The number of hydrogen-bond donors (Lipinski definition) is 3. The number of carbonyl (C=O) groups is 2. The Labute approximate surface area is 200 Å². The second kappa shape index (κ2) is 11.5. The lowest BCUT2D eigenvalue weighted by Gasteiger charge is -2.15. The van der Waals surface area contributed by atoms with E-state index in [1.165, 1.54) is 12.1 Å². The Bertz CT molecular complexity index is 1130. The monoisotopic (exact) mass is 488 g/mol. The predicted octanol–water partition coefficient (Wildman–Crippen LogP) is 3.87. The molecule has 1 amide bonds. The van der Waals surface area contributed by atoms with E-state index in [1.807, 2.05) is 25.2 Å². The molecule has 10 heteroatoms. The molecule has 0 aliphatic carbocycles. The Morgan fingerprint density at radius 3 is 2.52 bits per heavy atom. The third-order valence-electron chi connectivity index (χ3n) is 4.68. The summed E-state index contributed by atoms with van der Waals surface area (Å²) < 4.78 is 5.76. The number of benzene rings is 1. The fourth-order valence-electron chi connectivity index (χ4n) is 2.99. The average molecular weight is 489 g/mol. The van der Waals surface area contributed by atoms with Crippen LogP contribution in [0.3, 0.4) is 0 Å². The summed E-state index contributed by atoms with van der Waals surface area (Å²) in [4.78, 5) is 32.4. The highest BCUT2D eigenvalue weighted by Crippen LogP contribution is 2.18. The Morgan fingerprint density at radius 2 is 1.82 bits per heavy atom. The van der Waals surface area contributed by atoms with Gasteiger partial charge in [-0.2, -0.15) is 0 Å². The summed E-state index contributed by atoms with van der Waals surface area (Å²) >= 11 is 11.8. The second-order valence-electron chi connectivity index (χ2n) is 7.04. The van der Waals surface area contributed by atoms with Gasteiger partial charge >= 0.3 is 5.97 Å². The Balaban J connectivity index is 1.56. The minimum Gasteiger partial charge on any atom is -0.493 e. The number of hydrogen-bond acceptors (Lipinski definition) is 6. The first-order chi connectivity index (χ1) is 15.9. The highest BCUT2D eigenvalue weighted by atomic mass is 35.5. The number of nitrogens with one attached hydrogen (secondary N) is 2. The first-order valence-electron chi connectivity index (χ1n) is 10.1. The third kappa shape index (κ3) is 7.06. The molecule has 1 aromatic carbocycles. The zero-order chi connectivity index (χ0) is 23.8. The van der Waals surface area contributed by atoms with Crippen LogP contribution >= 0.6 is 23.2 Å². The van der Waals surface area contributed by atoms with E-state index in [0.717, 1.165) is 11.5 Å². The molecule has 1 atom stereocenters. The lowest BCUT2D eigenvalue weighted by Crippen LogP contribution is -2.42.